The minimum absolute atomic E-state index is 0.00273. The molecule has 0 aromatic rings. The van der Waals surface area contributed by atoms with Gasteiger partial charge in [0.25, 0.3) is 0 Å². The van der Waals surface area contributed by atoms with E-state index in [0.717, 1.165) is 18.4 Å². The van der Waals surface area contributed by atoms with Crippen LogP contribution in [0.25, 0.3) is 0 Å². The SMILES string of the molecule is COC(=O)[C@@]1(C)CC[C@]2(C(=O)O)CC[C@]3(C)C(=CC[C@@H]4[C@@]5(C)CC[C@H](O[C@@H]6O[C@H](C(=O)O)[C@@H](O)[C@H](O[C@@H]7O[C@@H](C)[C@H](O)[C@@H](O[C@@H]8OC[C@@H](O)[C@H](O)[C@H]8O)[C@H]7O)[C@H]6O[C@@H]6OC[C@@H](O)[C@H](O)[C@H]6O)C(C)(C)[C@@H]5CC[C@]43C)[C@@H]2C1. The molecule has 0 bridgehead atoms. The molecule has 432 valence electrons. The predicted octanol–water partition coefficient (Wildman–Crippen LogP) is 0.0816. The third kappa shape index (κ3) is 9.19. The fourth-order valence-electron chi connectivity index (χ4n) is 16.2. The molecule has 5 aliphatic carbocycles. The van der Waals surface area contributed by atoms with Crippen molar-refractivity contribution >= 4 is 17.9 Å². The molecule has 4 saturated carbocycles. The molecule has 9 aliphatic rings. The summed E-state index contributed by atoms with van der Waals surface area (Å²) in [5.74, 6) is -3.00. The number of esters is 1. The van der Waals surface area contributed by atoms with Crippen LogP contribution in [-0.2, 0) is 57.0 Å². The largest absolute Gasteiger partial charge is 0.481 e. The Morgan fingerprint density at radius 2 is 1.20 bits per heavy atom. The van der Waals surface area contributed by atoms with Crippen molar-refractivity contribution in [3.8, 4) is 0 Å². The summed E-state index contributed by atoms with van der Waals surface area (Å²) >= 11 is 0. The van der Waals surface area contributed by atoms with Gasteiger partial charge in [0.15, 0.2) is 31.3 Å². The van der Waals surface area contributed by atoms with Gasteiger partial charge < -0.3 is 98.8 Å². The van der Waals surface area contributed by atoms with Crippen LogP contribution in [0.3, 0.4) is 0 Å². The van der Waals surface area contributed by atoms with E-state index < -0.39 is 158 Å². The number of carbonyl (C=O) groups is 3. The molecule has 4 saturated heterocycles. The Morgan fingerprint density at radius 3 is 1.79 bits per heavy atom. The molecule has 76 heavy (non-hydrogen) atoms. The van der Waals surface area contributed by atoms with E-state index in [1.165, 1.54) is 14.0 Å². The Labute approximate surface area is 441 Å². The van der Waals surface area contributed by atoms with Crippen molar-refractivity contribution in [2.24, 2.45) is 50.2 Å². The maximum absolute atomic E-state index is 13.3. The van der Waals surface area contributed by atoms with Gasteiger partial charge in [0.05, 0.1) is 43.4 Å². The first-order chi connectivity index (χ1) is 35.5. The van der Waals surface area contributed by atoms with Gasteiger partial charge in [0.2, 0.25) is 0 Å². The summed E-state index contributed by atoms with van der Waals surface area (Å²) in [6.07, 6.45) is -24.2. The number of fused-ring (bicyclic) bond motifs is 7. The molecule has 0 aromatic heterocycles. The van der Waals surface area contributed by atoms with Crippen molar-refractivity contribution in [2.45, 2.75) is 229 Å². The first kappa shape index (κ1) is 58.1. The second-order valence-electron chi connectivity index (χ2n) is 25.3. The summed E-state index contributed by atoms with van der Waals surface area (Å²) in [6.45, 7) is 13.5. The topological polar surface area (TPSA) is 357 Å². The standard InChI is InChI=1S/C53H82O23/c1-22-30(56)37(73-42-33(59)31(57)25(54)20-69-42)36(62)44(71-22)74-38-35(61)39(41(63)64)75-45(40(38)76-43-34(60)32(58)26(55)21-70-43)72-29-12-13-50(5)27(48(29,2)3)11-14-52(7)28(50)10-9-23-24-19-49(4,47(67)68-8)15-17-53(24,46(65)66)18-16-51(23,52)6/h9,22,24-40,42-45,54-62H,10-21H2,1-8H3,(H,63,64)(H,65,66)/t22-,24-,25+,26+,27-,28+,29-,30-,31-,32-,33+,34+,35-,36+,37+,38-,39-,40+,42-,43-,44-,45+,49-,50-,51+,52+,53-/m0/s1. The van der Waals surface area contributed by atoms with Crippen molar-refractivity contribution in [3.05, 3.63) is 11.6 Å². The van der Waals surface area contributed by atoms with E-state index in [1.54, 1.807) is 0 Å². The van der Waals surface area contributed by atoms with Crippen LogP contribution in [0.1, 0.15) is 113 Å². The molecule has 27 atom stereocenters. The average Bonchev–Trinajstić information content (AvgIpc) is 3.55. The molecule has 0 radical (unpaired) electrons. The zero-order valence-corrected chi connectivity index (χ0v) is 44.6. The van der Waals surface area contributed by atoms with Gasteiger partial charge in [-0.25, -0.2) is 4.79 Å². The van der Waals surface area contributed by atoms with E-state index in [4.69, 9.17) is 42.6 Å². The summed E-state index contributed by atoms with van der Waals surface area (Å²) in [5.41, 5.74) is -2.31. The number of aliphatic hydroxyl groups is 9. The van der Waals surface area contributed by atoms with Crippen LogP contribution in [0.5, 0.6) is 0 Å². The summed E-state index contributed by atoms with van der Waals surface area (Å²) in [4.78, 5) is 39.6. The molecule has 23 heteroatoms. The normalized spacial score (nSPS) is 53.1. The lowest BCUT2D eigenvalue weighted by molar-refractivity contribution is -0.395. The lowest BCUT2D eigenvalue weighted by atomic mass is 9.33. The second kappa shape index (κ2) is 20.8. The average molecular weight is 1090 g/mol. The molecule has 0 spiro atoms. The molecule has 0 aromatic carbocycles. The molecular weight excluding hydrogens is 1000 g/mol. The van der Waals surface area contributed by atoms with Crippen LogP contribution < -0.4 is 0 Å². The van der Waals surface area contributed by atoms with E-state index in [2.05, 4.69) is 40.7 Å². The third-order valence-corrected chi connectivity index (χ3v) is 21.1. The van der Waals surface area contributed by atoms with Crippen LogP contribution in [0, 0.1) is 50.2 Å². The number of rotatable bonds is 11. The quantitative estimate of drug-likeness (QED) is 0.0741. The maximum atomic E-state index is 13.3. The van der Waals surface area contributed by atoms with Crippen molar-refractivity contribution in [1.29, 1.82) is 0 Å². The van der Waals surface area contributed by atoms with Gasteiger partial charge in [-0.05, 0) is 117 Å². The summed E-state index contributed by atoms with van der Waals surface area (Å²) in [6, 6.07) is 0. The number of hydrogen-bond donors (Lipinski definition) is 11. The predicted molar refractivity (Wildman–Crippen MR) is 257 cm³/mol. The van der Waals surface area contributed by atoms with Crippen molar-refractivity contribution in [2.75, 3.05) is 20.3 Å². The lowest BCUT2D eigenvalue weighted by Gasteiger charge is -2.71. The molecule has 9 rings (SSSR count). The van der Waals surface area contributed by atoms with Gasteiger partial charge in [-0.15, -0.1) is 0 Å². The maximum Gasteiger partial charge on any atom is 0.335 e. The Balaban J connectivity index is 1.01. The smallest absolute Gasteiger partial charge is 0.335 e. The van der Waals surface area contributed by atoms with Crippen LogP contribution in [0.2, 0.25) is 0 Å². The van der Waals surface area contributed by atoms with Crippen molar-refractivity contribution in [1.82, 2.24) is 0 Å². The van der Waals surface area contributed by atoms with Gasteiger partial charge in [0.1, 0.15) is 73.2 Å². The summed E-state index contributed by atoms with van der Waals surface area (Å²) in [7, 11) is 1.38. The number of methoxy groups -OCH3 is 1. The number of hydrogen-bond acceptors (Lipinski definition) is 21. The van der Waals surface area contributed by atoms with E-state index in [-0.39, 0.29) is 40.0 Å². The fourth-order valence-corrected chi connectivity index (χ4v) is 16.2. The lowest BCUT2D eigenvalue weighted by Crippen LogP contribution is -2.68. The minimum atomic E-state index is -2.12. The first-order valence-corrected chi connectivity index (χ1v) is 27.0. The zero-order valence-electron chi connectivity index (χ0n) is 44.6. The minimum Gasteiger partial charge on any atom is -0.481 e. The summed E-state index contributed by atoms with van der Waals surface area (Å²) < 4.78 is 53.6. The monoisotopic (exact) mass is 1090 g/mol. The van der Waals surface area contributed by atoms with E-state index in [0.29, 0.717) is 51.4 Å². The zero-order chi connectivity index (χ0) is 55.6. The van der Waals surface area contributed by atoms with Crippen LogP contribution >= 0.6 is 0 Å². The van der Waals surface area contributed by atoms with E-state index >= 15 is 0 Å². The molecule has 11 N–H and O–H groups in total. The Kier molecular flexibility index (Phi) is 15.9. The molecular formula is C53H82O23. The Hall–Kier alpha value is -2.53. The van der Waals surface area contributed by atoms with Crippen LogP contribution in [0.4, 0.5) is 0 Å². The van der Waals surface area contributed by atoms with Gasteiger partial charge >= 0.3 is 17.9 Å². The molecule has 4 aliphatic heterocycles. The number of carboxylic acid groups (broad SMARTS) is 2. The number of carbonyl (C=O) groups excluding carboxylic acids is 1. The number of allylic oxidation sites excluding steroid dienone is 2. The van der Waals surface area contributed by atoms with Crippen molar-refractivity contribution < 1.29 is 113 Å². The van der Waals surface area contributed by atoms with E-state index in [1.807, 2.05) is 6.92 Å². The number of aliphatic hydroxyl groups excluding tert-OH is 9. The molecule has 8 fully saturated rings. The molecule has 4 heterocycles. The van der Waals surface area contributed by atoms with Crippen molar-refractivity contribution in [3.63, 3.8) is 0 Å². The van der Waals surface area contributed by atoms with Crippen LogP contribution in [0.15, 0.2) is 11.6 Å². The highest BCUT2D eigenvalue weighted by atomic mass is 16.8. The second-order valence-corrected chi connectivity index (χ2v) is 25.3. The molecule has 0 amide bonds. The highest BCUT2D eigenvalue weighted by Crippen LogP contribution is 2.76. The molecule has 0 unspecified atom stereocenters. The highest BCUT2D eigenvalue weighted by Gasteiger charge is 2.70. The van der Waals surface area contributed by atoms with Crippen LogP contribution in [-0.4, -0.2) is 211 Å². The third-order valence-electron chi connectivity index (χ3n) is 21.1. The highest BCUT2D eigenvalue weighted by molar-refractivity contribution is 5.80. The number of ether oxygens (including phenoxy) is 9. The molecule has 23 nitrogen and oxygen atoms in total. The number of aliphatic carboxylic acids is 2. The van der Waals surface area contributed by atoms with Gasteiger partial charge in [-0.3, -0.25) is 9.59 Å². The van der Waals surface area contributed by atoms with Gasteiger partial charge in [-0.2, -0.15) is 0 Å². The van der Waals surface area contributed by atoms with E-state index in [9.17, 15) is 70.6 Å². The number of carboxylic acids is 2. The Morgan fingerprint density at radius 1 is 0.605 bits per heavy atom. The Bertz CT molecular complexity index is 2200. The summed E-state index contributed by atoms with van der Waals surface area (Å²) in [5, 5.41) is 119. The fraction of sp³-hybridized carbons (Fsp3) is 0.906. The van der Waals surface area contributed by atoms with Gasteiger partial charge in [0, 0.05) is 0 Å². The first-order valence-electron chi connectivity index (χ1n) is 27.0. The van der Waals surface area contributed by atoms with Gasteiger partial charge in [-0.1, -0.05) is 46.3 Å².